The fourth-order valence-corrected chi connectivity index (χ4v) is 4.03. The predicted octanol–water partition coefficient (Wildman–Crippen LogP) is -2.31. The second-order valence-electron chi connectivity index (χ2n) is 8.74. The number of esters is 4. The minimum absolute atomic E-state index is 0.137. The van der Waals surface area contributed by atoms with Crippen LogP contribution in [0.5, 0.6) is 0 Å². The lowest BCUT2D eigenvalue weighted by Crippen LogP contribution is -2.64. The molecule has 2 aliphatic rings. The van der Waals surface area contributed by atoms with Gasteiger partial charge in [0.25, 0.3) is 0 Å². The number of likely N-dealkylation sites (N-methyl/N-ethyl adjacent to an activating group) is 1. The molecule has 0 aromatic rings. The van der Waals surface area contributed by atoms with E-state index < -0.39 is 98.3 Å². The molecule has 2 saturated heterocycles. The molecule has 0 bridgehead atoms. The lowest BCUT2D eigenvalue weighted by atomic mass is 9.97. The summed E-state index contributed by atoms with van der Waals surface area (Å²) < 4.78 is 43.9. The Hall–Kier alpha value is -2.89. The first kappa shape index (κ1) is 32.3. The number of hydrogen-bond donors (Lipinski definition) is 3. The topological polar surface area (TPSA) is 212 Å². The highest BCUT2D eigenvalue weighted by Gasteiger charge is 2.53. The zero-order valence-corrected chi connectivity index (χ0v) is 22.2. The molecule has 2 aliphatic heterocycles. The molecule has 16 heteroatoms. The number of rotatable bonds is 11. The Morgan fingerprint density at radius 2 is 1.46 bits per heavy atom. The smallest absolute Gasteiger partial charge is 0.303 e. The van der Waals surface area contributed by atoms with Crippen molar-refractivity contribution in [3.8, 4) is 0 Å². The normalized spacial score (nSPS) is 32.4. The summed E-state index contributed by atoms with van der Waals surface area (Å²) in [5.41, 5.74) is 0. The van der Waals surface area contributed by atoms with Gasteiger partial charge in [-0.2, -0.15) is 0 Å². The van der Waals surface area contributed by atoms with Gasteiger partial charge in [0.2, 0.25) is 5.91 Å². The summed E-state index contributed by atoms with van der Waals surface area (Å²) in [4.78, 5) is 58.7. The van der Waals surface area contributed by atoms with E-state index in [0.29, 0.717) is 0 Å². The van der Waals surface area contributed by atoms with Gasteiger partial charge in [-0.25, -0.2) is 0 Å². The van der Waals surface area contributed by atoms with Crippen molar-refractivity contribution in [2.45, 2.75) is 89.4 Å². The molecule has 0 aliphatic carbocycles. The monoisotopic (exact) mass is 565 g/mol. The van der Waals surface area contributed by atoms with E-state index >= 15 is 0 Å². The van der Waals surface area contributed by atoms with E-state index in [1.807, 2.05) is 0 Å². The van der Waals surface area contributed by atoms with Gasteiger partial charge in [-0.1, -0.05) is 0 Å². The van der Waals surface area contributed by atoms with Gasteiger partial charge in [0.05, 0.1) is 6.61 Å². The van der Waals surface area contributed by atoms with Crippen molar-refractivity contribution in [3.05, 3.63) is 0 Å². The van der Waals surface area contributed by atoms with Crippen molar-refractivity contribution in [3.63, 3.8) is 0 Å². The molecule has 0 saturated carbocycles. The Kier molecular flexibility index (Phi) is 12.5. The predicted molar refractivity (Wildman–Crippen MR) is 123 cm³/mol. The largest absolute Gasteiger partial charge is 0.463 e. The number of ether oxygens (including phenoxy) is 8. The maximum Gasteiger partial charge on any atom is 0.303 e. The van der Waals surface area contributed by atoms with Gasteiger partial charge >= 0.3 is 23.9 Å². The van der Waals surface area contributed by atoms with Crippen molar-refractivity contribution < 1.29 is 72.1 Å². The van der Waals surface area contributed by atoms with Crippen LogP contribution in [0.2, 0.25) is 0 Å². The minimum Gasteiger partial charge on any atom is -0.463 e. The summed E-state index contributed by atoms with van der Waals surface area (Å²) in [5.74, 6) is -3.49. The van der Waals surface area contributed by atoms with Crippen LogP contribution < -0.4 is 5.32 Å². The summed E-state index contributed by atoms with van der Waals surface area (Å²) in [6.07, 6.45) is -12.3. The molecule has 0 spiro atoms. The Balaban J connectivity index is 2.42. The maximum atomic E-state index is 11.9. The minimum atomic E-state index is -1.60. The van der Waals surface area contributed by atoms with Gasteiger partial charge in [0, 0.05) is 41.2 Å². The molecule has 2 heterocycles. The molecule has 0 aromatic carbocycles. The van der Waals surface area contributed by atoms with Crippen LogP contribution in [0.15, 0.2) is 0 Å². The highest BCUT2D eigenvalue weighted by molar-refractivity contribution is 5.76. The summed E-state index contributed by atoms with van der Waals surface area (Å²) in [6, 6.07) is 0. The zero-order valence-electron chi connectivity index (χ0n) is 22.2. The molecule has 222 valence electrons. The van der Waals surface area contributed by atoms with E-state index in [-0.39, 0.29) is 13.0 Å². The number of carbonyl (C=O) groups is 5. The van der Waals surface area contributed by atoms with Gasteiger partial charge in [0.15, 0.2) is 24.8 Å². The third-order valence-electron chi connectivity index (χ3n) is 5.63. The van der Waals surface area contributed by atoms with E-state index in [0.717, 1.165) is 27.7 Å². The van der Waals surface area contributed by atoms with Crippen LogP contribution in [-0.4, -0.2) is 122 Å². The van der Waals surface area contributed by atoms with Crippen LogP contribution in [-0.2, 0) is 61.9 Å². The first-order valence-electron chi connectivity index (χ1n) is 12.1. The number of hydrogen-bond acceptors (Lipinski definition) is 15. The fourth-order valence-electron chi connectivity index (χ4n) is 4.03. The summed E-state index contributed by atoms with van der Waals surface area (Å²) in [5, 5.41) is 22.7. The lowest BCUT2D eigenvalue weighted by molar-refractivity contribution is -0.346. The second kappa shape index (κ2) is 15.0. The van der Waals surface area contributed by atoms with Gasteiger partial charge in [-0.15, -0.1) is 0 Å². The fraction of sp³-hybridized carbons (Fsp3) is 0.783. The number of aliphatic hydroxyl groups is 2. The Bertz CT molecular complexity index is 882. The summed E-state index contributed by atoms with van der Waals surface area (Å²) in [7, 11) is 1.41. The average Bonchev–Trinajstić information content (AvgIpc) is 2.85. The molecule has 0 aromatic heterocycles. The third-order valence-corrected chi connectivity index (χ3v) is 5.63. The van der Waals surface area contributed by atoms with E-state index in [1.54, 1.807) is 0 Å². The summed E-state index contributed by atoms with van der Waals surface area (Å²) in [6.45, 7) is 2.89. The maximum absolute atomic E-state index is 11.9. The zero-order chi connectivity index (χ0) is 29.3. The van der Waals surface area contributed by atoms with Crippen molar-refractivity contribution in [1.82, 2.24) is 5.32 Å². The molecule has 16 nitrogen and oxygen atoms in total. The van der Waals surface area contributed by atoms with Crippen molar-refractivity contribution >= 4 is 29.8 Å². The lowest BCUT2D eigenvalue weighted by Gasteiger charge is -2.46. The first-order chi connectivity index (χ1) is 18.4. The number of aliphatic hydroxyl groups excluding tert-OH is 2. The first-order valence-corrected chi connectivity index (χ1v) is 12.1. The number of amides is 1. The van der Waals surface area contributed by atoms with Crippen LogP contribution in [0.1, 0.15) is 34.1 Å². The third kappa shape index (κ3) is 9.66. The van der Waals surface area contributed by atoms with Crippen LogP contribution in [0.25, 0.3) is 0 Å². The van der Waals surface area contributed by atoms with E-state index in [4.69, 9.17) is 37.9 Å². The molecular weight excluding hydrogens is 530 g/mol. The van der Waals surface area contributed by atoms with Crippen LogP contribution in [0, 0.1) is 0 Å². The highest BCUT2D eigenvalue weighted by atomic mass is 16.8. The molecule has 9 atom stereocenters. The molecule has 39 heavy (non-hydrogen) atoms. The number of carbonyl (C=O) groups excluding carboxylic acids is 5. The summed E-state index contributed by atoms with van der Waals surface area (Å²) >= 11 is 0. The second-order valence-corrected chi connectivity index (χ2v) is 8.74. The van der Waals surface area contributed by atoms with Crippen molar-refractivity contribution in [1.29, 1.82) is 0 Å². The standard InChI is InChI=1S/C23H35NO15/c1-10(26)32-8-16-20(14(34-11(2)27)6-18(37-16)33-9-17(30)24-5)39-23-22(36-13(4)29)21(35-12(3)28)19(31)15(7-25)38-23/h14-16,18-23,25,31H,6-9H2,1-5H3,(H,24,30)/t14-,15-,16-,18-,19+,20+,21+,22-,23+/m1/s1. The molecule has 2 rings (SSSR count). The van der Waals surface area contributed by atoms with Gasteiger partial charge in [-0.05, 0) is 0 Å². The molecule has 0 radical (unpaired) electrons. The molecule has 0 unspecified atom stereocenters. The Labute approximate surface area is 224 Å². The Morgan fingerprint density at radius 3 is 2.00 bits per heavy atom. The quantitative estimate of drug-likeness (QED) is 0.177. The molecule has 3 N–H and O–H groups in total. The van der Waals surface area contributed by atoms with Crippen LogP contribution in [0.3, 0.4) is 0 Å². The Morgan fingerprint density at radius 1 is 0.846 bits per heavy atom. The molecule has 1 amide bonds. The number of nitrogens with one attached hydrogen (secondary N) is 1. The van der Waals surface area contributed by atoms with Crippen LogP contribution >= 0.6 is 0 Å². The average molecular weight is 566 g/mol. The van der Waals surface area contributed by atoms with Gasteiger partial charge in [0.1, 0.15) is 43.7 Å². The molecule has 2 fully saturated rings. The van der Waals surface area contributed by atoms with Crippen molar-refractivity contribution in [2.24, 2.45) is 0 Å². The highest BCUT2D eigenvalue weighted by Crippen LogP contribution is 2.33. The van der Waals surface area contributed by atoms with Crippen LogP contribution in [0.4, 0.5) is 0 Å². The molecular formula is C23H35NO15. The van der Waals surface area contributed by atoms with E-state index in [1.165, 1.54) is 7.05 Å². The van der Waals surface area contributed by atoms with E-state index in [2.05, 4.69) is 5.32 Å². The van der Waals surface area contributed by atoms with E-state index in [9.17, 15) is 34.2 Å². The van der Waals surface area contributed by atoms with Crippen molar-refractivity contribution in [2.75, 3.05) is 26.9 Å². The van der Waals surface area contributed by atoms with Gasteiger partial charge in [-0.3, -0.25) is 24.0 Å². The van der Waals surface area contributed by atoms with Gasteiger partial charge < -0.3 is 53.4 Å². The SMILES string of the molecule is CNC(=O)CO[C@H]1C[C@@H](OC(C)=O)[C@H](O[C@@H]2O[C@H](CO)[C@H](O)[C@H](OC(C)=O)[C@H]2OC(C)=O)[C@@H](COC(C)=O)O1.